The van der Waals surface area contributed by atoms with Crippen LogP contribution in [0.4, 0.5) is 0 Å². The molecule has 1 fully saturated rings. The second kappa shape index (κ2) is 4.59. The number of benzene rings is 1. The van der Waals surface area contributed by atoms with Crippen molar-refractivity contribution in [3.8, 4) is 0 Å². The first kappa shape index (κ1) is 13.6. The van der Waals surface area contributed by atoms with Gasteiger partial charge >= 0.3 is 0 Å². The molecule has 20 heavy (non-hydrogen) atoms. The largest absolute Gasteiger partial charge is 0.350 e. The van der Waals surface area contributed by atoms with E-state index in [1.165, 1.54) is 17.5 Å². The molecule has 1 spiro atoms. The Balaban J connectivity index is 1.80. The third kappa shape index (κ3) is 2.14. The van der Waals surface area contributed by atoms with Gasteiger partial charge in [-0.2, -0.15) is 0 Å². The minimum absolute atomic E-state index is 0.115. The van der Waals surface area contributed by atoms with Crippen LogP contribution in [0.3, 0.4) is 0 Å². The van der Waals surface area contributed by atoms with E-state index in [9.17, 15) is 4.79 Å². The summed E-state index contributed by atoms with van der Waals surface area (Å²) in [4.78, 5) is 12.5. The second-order valence-corrected chi connectivity index (χ2v) is 7.00. The molecule has 3 heteroatoms. The number of hydrogen-bond donors (Lipinski definition) is 2. The molecule has 2 atom stereocenters. The smallest absolute Gasteiger partial charge is 0.224 e. The van der Waals surface area contributed by atoms with Crippen LogP contribution in [0.1, 0.15) is 44.2 Å². The molecule has 2 aliphatic carbocycles. The molecular weight excluding hydrogens is 248 g/mol. The lowest BCUT2D eigenvalue weighted by Gasteiger charge is -2.28. The zero-order chi connectivity index (χ0) is 14.4. The number of carbonyl (C=O) groups excluding carboxylic acids is 1. The number of rotatable bonds is 3. The number of nitrogens with two attached hydrogens (primary N) is 1. The lowest BCUT2D eigenvalue weighted by Crippen LogP contribution is -2.50. The lowest BCUT2D eigenvalue weighted by molar-refractivity contribution is -0.124. The average molecular weight is 272 g/mol. The van der Waals surface area contributed by atoms with E-state index in [0.29, 0.717) is 6.54 Å². The van der Waals surface area contributed by atoms with Crippen LogP contribution in [0.2, 0.25) is 0 Å². The minimum Gasteiger partial charge on any atom is -0.350 e. The van der Waals surface area contributed by atoms with Crippen molar-refractivity contribution in [2.24, 2.45) is 11.7 Å². The fraction of sp³-hybridized carbons (Fsp3) is 0.588. The summed E-state index contributed by atoms with van der Waals surface area (Å²) in [7, 11) is 0. The summed E-state index contributed by atoms with van der Waals surface area (Å²) in [5.74, 6) is 0.312. The van der Waals surface area contributed by atoms with E-state index >= 15 is 0 Å². The summed E-state index contributed by atoms with van der Waals surface area (Å²) in [6, 6.07) is 8.64. The first-order valence-electron chi connectivity index (χ1n) is 7.59. The van der Waals surface area contributed by atoms with Gasteiger partial charge in [0.25, 0.3) is 0 Å². The van der Waals surface area contributed by atoms with E-state index < -0.39 is 0 Å². The predicted molar refractivity (Wildman–Crippen MR) is 80.4 cm³/mol. The van der Waals surface area contributed by atoms with E-state index in [1.54, 1.807) is 0 Å². The number of aryl methyl sites for hydroxylation is 1. The monoisotopic (exact) mass is 272 g/mol. The molecular formula is C17H24N2O. The molecule has 2 aliphatic rings. The summed E-state index contributed by atoms with van der Waals surface area (Å²) in [5.41, 5.74) is 8.36. The Morgan fingerprint density at radius 2 is 2.20 bits per heavy atom. The summed E-state index contributed by atoms with van der Waals surface area (Å²) in [6.07, 6.45) is 4.49. The molecule has 0 saturated heterocycles. The highest BCUT2D eigenvalue weighted by atomic mass is 16.2. The van der Waals surface area contributed by atoms with Gasteiger partial charge in [0.1, 0.15) is 0 Å². The van der Waals surface area contributed by atoms with Gasteiger partial charge in [-0.15, -0.1) is 0 Å². The van der Waals surface area contributed by atoms with Crippen molar-refractivity contribution in [2.45, 2.75) is 50.5 Å². The molecule has 1 amide bonds. The summed E-state index contributed by atoms with van der Waals surface area (Å²) < 4.78 is 0. The Hall–Kier alpha value is -1.35. The van der Waals surface area contributed by atoms with E-state index in [-0.39, 0.29) is 22.8 Å². The van der Waals surface area contributed by atoms with Crippen LogP contribution >= 0.6 is 0 Å². The molecule has 1 aromatic carbocycles. The van der Waals surface area contributed by atoms with Crippen molar-refractivity contribution < 1.29 is 4.79 Å². The summed E-state index contributed by atoms with van der Waals surface area (Å²) in [6.45, 7) is 4.43. The van der Waals surface area contributed by atoms with Crippen LogP contribution in [0.25, 0.3) is 0 Å². The normalized spacial score (nSPS) is 28.1. The quantitative estimate of drug-likeness (QED) is 0.885. The van der Waals surface area contributed by atoms with Gasteiger partial charge in [0.05, 0.1) is 0 Å². The molecule has 108 valence electrons. The molecule has 0 radical (unpaired) electrons. The zero-order valence-electron chi connectivity index (χ0n) is 12.4. The fourth-order valence-corrected chi connectivity index (χ4v) is 3.65. The molecule has 2 unspecified atom stereocenters. The number of fused-ring (bicyclic) bond motifs is 2. The van der Waals surface area contributed by atoms with Crippen molar-refractivity contribution in [3.63, 3.8) is 0 Å². The van der Waals surface area contributed by atoms with Crippen LogP contribution in [-0.2, 0) is 16.6 Å². The van der Waals surface area contributed by atoms with Crippen LogP contribution in [0.5, 0.6) is 0 Å². The third-order valence-corrected chi connectivity index (χ3v) is 4.99. The van der Waals surface area contributed by atoms with Crippen molar-refractivity contribution in [1.82, 2.24) is 5.32 Å². The average Bonchev–Trinajstić information content (AvgIpc) is 3.14. The summed E-state index contributed by atoms with van der Waals surface area (Å²) in [5, 5.41) is 3.11. The van der Waals surface area contributed by atoms with Crippen LogP contribution in [-0.4, -0.2) is 18.0 Å². The Morgan fingerprint density at radius 3 is 2.95 bits per heavy atom. The number of nitrogens with one attached hydrogen (secondary N) is 1. The molecule has 3 rings (SSSR count). The maximum Gasteiger partial charge on any atom is 0.224 e. The van der Waals surface area contributed by atoms with Crippen LogP contribution in [0, 0.1) is 5.92 Å². The van der Waals surface area contributed by atoms with Gasteiger partial charge in [-0.05, 0) is 50.7 Å². The third-order valence-electron chi connectivity index (χ3n) is 4.99. The van der Waals surface area contributed by atoms with E-state index in [0.717, 1.165) is 19.3 Å². The van der Waals surface area contributed by atoms with Gasteiger partial charge in [-0.25, -0.2) is 0 Å². The first-order valence-corrected chi connectivity index (χ1v) is 7.59. The molecule has 1 saturated carbocycles. The van der Waals surface area contributed by atoms with Gasteiger partial charge < -0.3 is 11.1 Å². The molecule has 0 aromatic heterocycles. The highest BCUT2D eigenvalue weighted by Gasteiger charge is 2.60. The van der Waals surface area contributed by atoms with Crippen molar-refractivity contribution in [2.75, 3.05) is 6.54 Å². The topological polar surface area (TPSA) is 55.1 Å². The minimum atomic E-state index is -0.310. The van der Waals surface area contributed by atoms with Crippen molar-refractivity contribution in [1.29, 1.82) is 0 Å². The molecule has 3 N–H and O–H groups in total. The molecule has 0 heterocycles. The first-order chi connectivity index (χ1) is 9.48. The van der Waals surface area contributed by atoms with Crippen molar-refractivity contribution in [3.05, 3.63) is 35.4 Å². The SMILES string of the molecule is CC(C)(CN)NC(=O)C1CC12CCCc1ccccc12. The van der Waals surface area contributed by atoms with Gasteiger partial charge in [0.2, 0.25) is 5.91 Å². The molecule has 3 nitrogen and oxygen atoms in total. The maximum atomic E-state index is 12.5. The van der Waals surface area contributed by atoms with E-state index in [4.69, 9.17) is 5.73 Å². The highest BCUT2D eigenvalue weighted by molar-refractivity contribution is 5.85. The highest BCUT2D eigenvalue weighted by Crippen LogP contribution is 2.60. The standard InChI is InChI=1S/C17H24N2O/c1-16(2,11-18)19-15(20)14-10-17(14)9-5-7-12-6-3-4-8-13(12)17/h3-4,6,8,14H,5,7,9-11,18H2,1-2H3,(H,19,20). The Bertz CT molecular complexity index is 538. The number of hydrogen-bond acceptors (Lipinski definition) is 2. The zero-order valence-corrected chi connectivity index (χ0v) is 12.4. The van der Waals surface area contributed by atoms with E-state index in [2.05, 4.69) is 29.6 Å². The van der Waals surface area contributed by atoms with Gasteiger partial charge in [-0.1, -0.05) is 24.3 Å². The molecule has 1 aromatic rings. The Kier molecular flexibility index (Phi) is 3.13. The number of amides is 1. The molecule has 0 aliphatic heterocycles. The Labute approximate surface area is 120 Å². The number of carbonyl (C=O) groups is 1. The predicted octanol–water partition coefficient (Wildman–Crippen LogP) is 2.13. The van der Waals surface area contributed by atoms with Crippen molar-refractivity contribution >= 4 is 5.91 Å². The van der Waals surface area contributed by atoms with Gasteiger partial charge in [0, 0.05) is 23.4 Å². The molecule has 0 bridgehead atoms. The summed E-state index contributed by atoms with van der Waals surface area (Å²) >= 11 is 0. The van der Waals surface area contributed by atoms with Gasteiger partial charge in [-0.3, -0.25) is 4.79 Å². The van der Waals surface area contributed by atoms with Crippen LogP contribution in [0.15, 0.2) is 24.3 Å². The van der Waals surface area contributed by atoms with Gasteiger partial charge in [0.15, 0.2) is 0 Å². The lowest BCUT2D eigenvalue weighted by atomic mass is 9.78. The maximum absolute atomic E-state index is 12.5. The fourth-order valence-electron chi connectivity index (χ4n) is 3.65. The van der Waals surface area contributed by atoms with E-state index in [1.807, 2.05) is 13.8 Å². The second-order valence-electron chi connectivity index (χ2n) is 7.00. The van der Waals surface area contributed by atoms with Crippen LogP contribution < -0.4 is 11.1 Å². The Morgan fingerprint density at radius 1 is 1.45 bits per heavy atom.